The predicted molar refractivity (Wildman–Crippen MR) is 70.6 cm³/mol. The fourth-order valence-corrected chi connectivity index (χ4v) is 1.87. The second kappa shape index (κ2) is 5.07. The monoisotopic (exact) mass is 260 g/mol. The first-order chi connectivity index (χ1) is 8.61. The van der Waals surface area contributed by atoms with Crippen molar-refractivity contribution in [3.8, 4) is 6.07 Å². The third-order valence-electron chi connectivity index (χ3n) is 2.64. The SMILES string of the molecule is CN(c1cccc(F)c1)c1cc(Cl)ccc1C#N. The maximum absolute atomic E-state index is 13.2. The van der Waals surface area contributed by atoms with Crippen molar-refractivity contribution in [1.29, 1.82) is 5.26 Å². The Morgan fingerprint density at radius 3 is 2.67 bits per heavy atom. The third-order valence-corrected chi connectivity index (χ3v) is 2.87. The first-order valence-corrected chi connectivity index (χ1v) is 5.68. The van der Waals surface area contributed by atoms with E-state index < -0.39 is 0 Å². The molecule has 0 spiro atoms. The van der Waals surface area contributed by atoms with Gasteiger partial charge in [-0.25, -0.2) is 4.39 Å². The lowest BCUT2D eigenvalue weighted by molar-refractivity contribution is 0.628. The molecule has 0 aliphatic carbocycles. The predicted octanol–water partition coefficient (Wildman–Crippen LogP) is 4.12. The summed E-state index contributed by atoms with van der Waals surface area (Å²) in [6, 6.07) is 13.3. The highest BCUT2D eigenvalue weighted by atomic mass is 35.5. The van der Waals surface area contributed by atoms with Crippen LogP contribution < -0.4 is 4.90 Å². The van der Waals surface area contributed by atoms with Crippen LogP contribution in [-0.2, 0) is 0 Å². The van der Waals surface area contributed by atoms with Crippen molar-refractivity contribution >= 4 is 23.0 Å². The molecule has 0 amide bonds. The quantitative estimate of drug-likeness (QED) is 0.812. The lowest BCUT2D eigenvalue weighted by Crippen LogP contribution is -2.11. The number of hydrogen-bond acceptors (Lipinski definition) is 2. The molecule has 0 N–H and O–H groups in total. The number of nitriles is 1. The van der Waals surface area contributed by atoms with Crippen LogP contribution in [0.1, 0.15) is 5.56 Å². The van der Waals surface area contributed by atoms with E-state index in [0.29, 0.717) is 22.0 Å². The van der Waals surface area contributed by atoms with Gasteiger partial charge in [-0.2, -0.15) is 5.26 Å². The van der Waals surface area contributed by atoms with Crippen LogP contribution in [0, 0.1) is 17.1 Å². The molecule has 0 atom stereocenters. The van der Waals surface area contributed by atoms with E-state index in [2.05, 4.69) is 6.07 Å². The lowest BCUT2D eigenvalue weighted by atomic mass is 10.1. The zero-order chi connectivity index (χ0) is 13.1. The van der Waals surface area contributed by atoms with E-state index in [1.165, 1.54) is 12.1 Å². The number of hydrogen-bond donors (Lipinski definition) is 0. The van der Waals surface area contributed by atoms with Crippen LogP contribution in [0.4, 0.5) is 15.8 Å². The maximum atomic E-state index is 13.2. The summed E-state index contributed by atoms with van der Waals surface area (Å²) >= 11 is 5.93. The minimum Gasteiger partial charge on any atom is -0.343 e. The van der Waals surface area contributed by atoms with Gasteiger partial charge < -0.3 is 4.90 Å². The number of rotatable bonds is 2. The summed E-state index contributed by atoms with van der Waals surface area (Å²) < 4.78 is 13.2. The maximum Gasteiger partial charge on any atom is 0.125 e. The fraction of sp³-hybridized carbons (Fsp3) is 0.0714. The standard InChI is InChI=1S/C14H10ClFN2/c1-18(13-4-2-3-12(16)8-13)14-7-11(15)6-5-10(14)9-17/h2-8H,1H3. The largest absolute Gasteiger partial charge is 0.343 e. The number of benzene rings is 2. The molecule has 2 aromatic rings. The second-order valence-corrected chi connectivity index (χ2v) is 4.25. The molecule has 2 nitrogen and oxygen atoms in total. The molecule has 0 saturated heterocycles. The third kappa shape index (κ3) is 2.44. The average Bonchev–Trinajstić information content (AvgIpc) is 2.38. The summed E-state index contributed by atoms with van der Waals surface area (Å²) in [5.41, 5.74) is 1.80. The summed E-state index contributed by atoms with van der Waals surface area (Å²) in [6.45, 7) is 0. The first-order valence-electron chi connectivity index (χ1n) is 5.31. The zero-order valence-corrected chi connectivity index (χ0v) is 10.4. The Morgan fingerprint density at radius 1 is 1.22 bits per heavy atom. The Morgan fingerprint density at radius 2 is 2.00 bits per heavy atom. The van der Waals surface area contributed by atoms with Crippen molar-refractivity contribution in [3.05, 3.63) is 58.9 Å². The van der Waals surface area contributed by atoms with Gasteiger partial charge in [-0.15, -0.1) is 0 Å². The highest BCUT2D eigenvalue weighted by Gasteiger charge is 2.10. The molecule has 0 radical (unpaired) electrons. The molecule has 0 saturated carbocycles. The molecule has 0 aliphatic rings. The van der Waals surface area contributed by atoms with E-state index in [1.54, 1.807) is 42.3 Å². The molecular formula is C14H10ClFN2. The topological polar surface area (TPSA) is 27.0 Å². The van der Waals surface area contributed by atoms with Crippen molar-refractivity contribution in [2.45, 2.75) is 0 Å². The molecule has 18 heavy (non-hydrogen) atoms. The van der Waals surface area contributed by atoms with Gasteiger partial charge in [-0.05, 0) is 36.4 Å². The van der Waals surface area contributed by atoms with E-state index in [4.69, 9.17) is 16.9 Å². The van der Waals surface area contributed by atoms with Crippen LogP contribution in [0.5, 0.6) is 0 Å². The molecule has 0 unspecified atom stereocenters. The van der Waals surface area contributed by atoms with E-state index >= 15 is 0 Å². The molecule has 0 heterocycles. The van der Waals surface area contributed by atoms with Crippen LogP contribution in [0.2, 0.25) is 5.02 Å². The summed E-state index contributed by atoms with van der Waals surface area (Å²) in [6.07, 6.45) is 0. The zero-order valence-electron chi connectivity index (χ0n) is 9.69. The number of nitrogens with zero attached hydrogens (tertiary/aromatic N) is 2. The van der Waals surface area contributed by atoms with Crippen molar-refractivity contribution in [3.63, 3.8) is 0 Å². The molecule has 4 heteroatoms. The van der Waals surface area contributed by atoms with Crippen molar-refractivity contribution < 1.29 is 4.39 Å². The summed E-state index contributed by atoms with van der Waals surface area (Å²) in [5.74, 6) is -0.320. The van der Waals surface area contributed by atoms with Gasteiger partial charge in [0.15, 0.2) is 0 Å². The van der Waals surface area contributed by atoms with Crippen LogP contribution in [0.15, 0.2) is 42.5 Å². The van der Waals surface area contributed by atoms with Gasteiger partial charge in [-0.1, -0.05) is 17.7 Å². The van der Waals surface area contributed by atoms with Crippen LogP contribution in [0.3, 0.4) is 0 Å². The Hall–Kier alpha value is -2.05. The van der Waals surface area contributed by atoms with E-state index in [1.807, 2.05) is 0 Å². The molecular weight excluding hydrogens is 251 g/mol. The molecule has 0 aliphatic heterocycles. The van der Waals surface area contributed by atoms with Crippen LogP contribution in [-0.4, -0.2) is 7.05 Å². The molecule has 2 rings (SSSR count). The molecule has 2 aromatic carbocycles. The van der Waals surface area contributed by atoms with Gasteiger partial charge in [0.05, 0.1) is 11.3 Å². The first kappa shape index (κ1) is 12.4. The Balaban J connectivity index is 2.49. The van der Waals surface area contributed by atoms with Gasteiger partial charge in [0.1, 0.15) is 11.9 Å². The lowest BCUT2D eigenvalue weighted by Gasteiger charge is -2.20. The van der Waals surface area contributed by atoms with Crippen LogP contribution in [0.25, 0.3) is 0 Å². The summed E-state index contributed by atoms with van der Waals surface area (Å²) in [7, 11) is 1.77. The average molecular weight is 261 g/mol. The normalized spacial score (nSPS) is 9.89. The Labute approximate surface area is 110 Å². The van der Waals surface area contributed by atoms with Crippen LogP contribution >= 0.6 is 11.6 Å². The second-order valence-electron chi connectivity index (χ2n) is 3.81. The molecule has 90 valence electrons. The van der Waals surface area contributed by atoms with Gasteiger partial charge in [0.2, 0.25) is 0 Å². The molecule has 0 aromatic heterocycles. The Bertz CT molecular complexity index is 619. The van der Waals surface area contributed by atoms with Gasteiger partial charge in [0, 0.05) is 17.8 Å². The van der Waals surface area contributed by atoms with Crippen molar-refractivity contribution in [2.75, 3.05) is 11.9 Å². The highest BCUT2D eigenvalue weighted by Crippen LogP contribution is 2.29. The van der Waals surface area contributed by atoms with Crippen molar-refractivity contribution in [2.24, 2.45) is 0 Å². The number of anilines is 2. The molecule has 0 bridgehead atoms. The number of halogens is 2. The van der Waals surface area contributed by atoms with Gasteiger partial charge >= 0.3 is 0 Å². The van der Waals surface area contributed by atoms with E-state index in [-0.39, 0.29) is 5.82 Å². The summed E-state index contributed by atoms with van der Waals surface area (Å²) in [5, 5.41) is 9.60. The van der Waals surface area contributed by atoms with Crippen molar-refractivity contribution in [1.82, 2.24) is 0 Å². The highest BCUT2D eigenvalue weighted by molar-refractivity contribution is 6.30. The van der Waals surface area contributed by atoms with Gasteiger partial charge in [0.25, 0.3) is 0 Å². The minimum absolute atomic E-state index is 0.320. The van der Waals surface area contributed by atoms with Gasteiger partial charge in [-0.3, -0.25) is 0 Å². The van der Waals surface area contributed by atoms with E-state index in [0.717, 1.165) is 0 Å². The summed E-state index contributed by atoms with van der Waals surface area (Å²) in [4.78, 5) is 1.73. The van der Waals surface area contributed by atoms with E-state index in [9.17, 15) is 4.39 Å². The minimum atomic E-state index is -0.320. The molecule has 0 fully saturated rings. The fourth-order valence-electron chi connectivity index (χ4n) is 1.70. The smallest absolute Gasteiger partial charge is 0.125 e. The Kier molecular flexibility index (Phi) is 3.50.